The standard InChI is InChI=1S/C18H20Cl2N2O/c1-21-11-13-5-7-14(8-6-13)12-22-17(23)10-9-15-3-2-4-16(19)18(15)20/h2-8,21H,9-12H2,1H3,(H,22,23). The van der Waals surface area contributed by atoms with Crippen LogP contribution >= 0.6 is 23.2 Å². The van der Waals surface area contributed by atoms with Crippen LogP contribution in [0.3, 0.4) is 0 Å². The van der Waals surface area contributed by atoms with Crippen molar-refractivity contribution in [3.63, 3.8) is 0 Å². The quantitative estimate of drug-likeness (QED) is 0.793. The van der Waals surface area contributed by atoms with Gasteiger partial charge in [-0.05, 0) is 36.2 Å². The van der Waals surface area contributed by atoms with E-state index in [0.717, 1.165) is 17.7 Å². The number of hydrogen-bond donors (Lipinski definition) is 2. The normalized spacial score (nSPS) is 10.6. The van der Waals surface area contributed by atoms with Crippen LogP contribution in [0.1, 0.15) is 23.1 Å². The maximum absolute atomic E-state index is 12.0. The number of hydrogen-bond acceptors (Lipinski definition) is 2. The predicted octanol–water partition coefficient (Wildman–Crippen LogP) is 3.96. The molecule has 2 rings (SSSR count). The molecule has 3 nitrogen and oxygen atoms in total. The molecule has 5 heteroatoms. The highest BCUT2D eigenvalue weighted by molar-refractivity contribution is 6.42. The van der Waals surface area contributed by atoms with Crippen LogP contribution in [0.25, 0.3) is 0 Å². The van der Waals surface area contributed by atoms with E-state index < -0.39 is 0 Å². The van der Waals surface area contributed by atoms with Crippen molar-refractivity contribution < 1.29 is 4.79 Å². The maximum atomic E-state index is 12.0. The van der Waals surface area contributed by atoms with Crippen LogP contribution in [0.5, 0.6) is 0 Å². The Bertz CT molecular complexity index is 657. The van der Waals surface area contributed by atoms with Gasteiger partial charge in [0.1, 0.15) is 0 Å². The second kappa shape index (κ2) is 8.92. The van der Waals surface area contributed by atoms with Gasteiger partial charge in [0.2, 0.25) is 5.91 Å². The molecule has 0 aromatic heterocycles. The average molecular weight is 351 g/mol. The monoisotopic (exact) mass is 350 g/mol. The fourth-order valence-electron chi connectivity index (χ4n) is 2.26. The van der Waals surface area contributed by atoms with Crippen molar-refractivity contribution in [2.75, 3.05) is 7.05 Å². The summed E-state index contributed by atoms with van der Waals surface area (Å²) in [6, 6.07) is 13.6. The van der Waals surface area contributed by atoms with E-state index in [4.69, 9.17) is 23.2 Å². The highest BCUT2D eigenvalue weighted by Gasteiger charge is 2.07. The second-order valence-corrected chi connectivity index (χ2v) is 6.12. The number of carbonyl (C=O) groups excluding carboxylic acids is 1. The molecule has 0 spiro atoms. The Morgan fingerprint density at radius 1 is 1.00 bits per heavy atom. The highest BCUT2D eigenvalue weighted by atomic mass is 35.5. The summed E-state index contributed by atoms with van der Waals surface area (Å²) in [6.07, 6.45) is 0.963. The van der Waals surface area contributed by atoms with E-state index in [1.807, 2.05) is 31.3 Å². The second-order valence-electron chi connectivity index (χ2n) is 5.34. The molecule has 0 aliphatic rings. The van der Waals surface area contributed by atoms with Crippen LogP contribution in [0.4, 0.5) is 0 Å². The molecule has 0 fully saturated rings. The zero-order valence-corrected chi connectivity index (χ0v) is 14.5. The molecule has 0 unspecified atom stereocenters. The first kappa shape index (κ1) is 17.8. The molecular weight excluding hydrogens is 331 g/mol. The fourth-order valence-corrected chi connectivity index (χ4v) is 2.67. The van der Waals surface area contributed by atoms with Gasteiger partial charge in [-0.25, -0.2) is 0 Å². The summed E-state index contributed by atoms with van der Waals surface area (Å²) in [5.41, 5.74) is 3.20. The highest BCUT2D eigenvalue weighted by Crippen LogP contribution is 2.26. The van der Waals surface area contributed by atoms with Crippen LogP contribution in [-0.4, -0.2) is 13.0 Å². The first-order valence-corrected chi connectivity index (χ1v) is 8.27. The Hall–Kier alpha value is -1.55. The van der Waals surface area contributed by atoms with Crippen LogP contribution in [0, 0.1) is 0 Å². The SMILES string of the molecule is CNCc1ccc(CNC(=O)CCc2cccc(Cl)c2Cl)cc1. The van der Waals surface area contributed by atoms with Crippen LogP contribution < -0.4 is 10.6 Å². The van der Waals surface area contributed by atoms with Gasteiger partial charge < -0.3 is 10.6 Å². The predicted molar refractivity (Wildman–Crippen MR) is 95.8 cm³/mol. The van der Waals surface area contributed by atoms with Gasteiger partial charge in [-0.1, -0.05) is 59.6 Å². The molecule has 2 aromatic carbocycles. The number of aryl methyl sites for hydroxylation is 1. The number of amides is 1. The Kier molecular flexibility index (Phi) is 6.90. The fraction of sp³-hybridized carbons (Fsp3) is 0.278. The third kappa shape index (κ3) is 5.54. The molecule has 1 amide bonds. The minimum Gasteiger partial charge on any atom is -0.352 e. The van der Waals surface area contributed by atoms with E-state index in [1.54, 1.807) is 6.07 Å². The average Bonchev–Trinajstić information content (AvgIpc) is 2.56. The van der Waals surface area contributed by atoms with E-state index in [0.29, 0.717) is 29.4 Å². The number of carbonyl (C=O) groups is 1. The van der Waals surface area contributed by atoms with Crippen LogP contribution in [0.15, 0.2) is 42.5 Å². The lowest BCUT2D eigenvalue weighted by Crippen LogP contribution is -2.23. The lowest BCUT2D eigenvalue weighted by molar-refractivity contribution is -0.121. The lowest BCUT2D eigenvalue weighted by atomic mass is 10.1. The third-order valence-corrected chi connectivity index (χ3v) is 4.40. The minimum absolute atomic E-state index is 0.000318. The summed E-state index contributed by atoms with van der Waals surface area (Å²) < 4.78 is 0. The van der Waals surface area contributed by atoms with Gasteiger partial charge in [0.05, 0.1) is 10.0 Å². The molecule has 0 atom stereocenters. The number of benzene rings is 2. The first-order valence-electron chi connectivity index (χ1n) is 7.52. The maximum Gasteiger partial charge on any atom is 0.220 e. The molecule has 2 N–H and O–H groups in total. The van der Waals surface area contributed by atoms with Gasteiger partial charge in [-0.15, -0.1) is 0 Å². The Morgan fingerprint density at radius 2 is 1.65 bits per heavy atom. The third-order valence-electron chi connectivity index (χ3n) is 3.55. The first-order chi connectivity index (χ1) is 11.1. The molecule has 122 valence electrons. The van der Waals surface area contributed by atoms with E-state index in [2.05, 4.69) is 22.8 Å². The Balaban J connectivity index is 1.79. The van der Waals surface area contributed by atoms with E-state index in [1.165, 1.54) is 5.56 Å². The molecule has 0 saturated carbocycles. The van der Waals surface area contributed by atoms with Gasteiger partial charge in [-0.3, -0.25) is 4.79 Å². The zero-order valence-electron chi connectivity index (χ0n) is 13.0. The van der Waals surface area contributed by atoms with Gasteiger partial charge in [0.15, 0.2) is 0 Å². The molecule has 23 heavy (non-hydrogen) atoms. The lowest BCUT2D eigenvalue weighted by Gasteiger charge is -2.08. The van der Waals surface area contributed by atoms with E-state index >= 15 is 0 Å². The number of nitrogens with one attached hydrogen (secondary N) is 2. The van der Waals surface area contributed by atoms with Crippen molar-refractivity contribution in [1.82, 2.24) is 10.6 Å². The molecule has 0 saturated heterocycles. The van der Waals surface area contributed by atoms with Gasteiger partial charge in [0, 0.05) is 19.5 Å². The molecule has 0 aliphatic carbocycles. The summed E-state index contributed by atoms with van der Waals surface area (Å²) in [5.74, 6) is 0.000318. The molecule has 0 bridgehead atoms. The van der Waals surface area contributed by atoms with Crippen molar-refractivity contribution in [1.29, 1.82) is 0 Å². The summed E-state index contributed by atoms with van der Waals surface area (Å²) >= 11 is 12.1. The van der Waals surface area contributed by atoms with Crippen LogP contribution in [0.2, 0.25) is 10.0 Å². The van der Waals surface area contributed by atoms with Crippen LogP contribution in [-0.2, 0) is 24.3 Å². The minimum atomic E-state index is 0.000318. The Morgan fingerprint density at radius 3 is 2.30 bits per heavy atom. The Labute approximate surface area is 147 Å². The largest absolute Gasteiger partial charge is 0.352 e. The number of halogens is 2. The zero-order chi connectivity index (χ0) is 16.7. The van der Waals surface area contributed by atoms with E-state index in [-0.39, 0.29) is 5.91 Å². The van der Waals surface area contributed by atoms with Crippen molar-refractivity contribution in [3.8, 4) is 0 Å². The van der Waals surface area contributed by atoms with Crippen molar-refractivity contribution >= 4 is 29.1 Å². The summed E-state index contributed by atoms with van der Waals surface area (Å²) in [4.78, 5) is 12.0. The van der Waals surface area contributed by atoms with E-state index in [9.17, 15) is 4.79 Å². The number of rotatable bonds is 7. The summed E-state index contributed by atoms with van der Waals surface area (Å²) in [6.45, 7) is 1.37. The molecule has 2 aromatic rings. The molecule has 0 aliphatic heterocycles. The van der Waals surface area contributed by atoms with Crippen molar-refractivity contribution in [2.45, 2.75) is 25.9 Å². The van der Waals surface area contributed by atoms with Gasteiger partial charge in [-0.2, -0.15) is 0 Å². The topological polar surface area (TPSA) is 41.1 Å². The van der Waals surface area contributed by atoms with Crippen molar-refractivity contribution in [3.05, 3.63) is 69.2 Å². The smallest absolute Gasteiger partial charge is 0.220 e. The van der Waals surface area contributed by atoms with Gasteiger partial charge in [0.25, 0.3) is 0 Å². The molecular formula is C18H20Cl2N2O. The molecule has 0 radical (unpaired) electrons. The van der Waals surface area contributed by atoms with Crippen molar-refractivity contribution in [2.24, 2.45) is 0 Å². The summed E-state index contributed by atoms with van der Waals surface area (Å²) in [5, 5.41) is 7.08. The van der Waals surface area contributed by atoms with Gasteiger partial charge >= 0.3 is 0 Å². The summed E-state index contributed by atoms with van der Waals surface area (Å²) in [7, 11) is 1.92. The molecule has 0 heterocycles.